The molecule has 0 fully saturated rings. The number of nitro groups is 1. The summed E-state index contributed by atoms with van der Waals surface area (Å²) < 4.78 is 18.3. The zero-order valence-electron chi connectivity index (χ0n) is 15.6. The molecule has 1 aromatic heterocycles. The number of hydrogen-bond donors (Lipinski definition) is 2. The number of hydrogen-bond acceptors (Lipinski definition) is 7. The van der Waals surface area contributed by atoms with Gasteiger partial charge in [-0.2, -0.15) is 0 Å². The zero-order chi connectivity index (χ0) is 21.3. The van der Waals surface area contributed by atoms with E-state index < -0.39 is 10.9 Å². The average Bonchev–Trinajstić information content (AvgIpc) is 3.09. The zero-order valence-corrected chi connectivity index (χ0v) is 15.6. The van der Waals surface area contributed by atoms with Gasteiger partial charge in [-0.3, -0.25) is 14.9 Å². The molecule has 0 aliphatic carbocycles. The van der Waals surface area contributed by atoms with Gasteiger partial charge in [0, 0.05) is 19.0 Å². The van der Waals surface area contributed by atoms with Crippen molar-refractivity contribution in [2.45, 2.75) is 6.42 Å². The molecule has 2 aromatic carbocycles. The summed E-state index contributed by atoms with van der Waals surface area (Å²) in [6.45, 7) is 0.0190. The molecule has 3 aromatic rings. The lowest BCUT2D eigenvalue weighted by molar-refractivity contribution is -0.384. The van der Waals surface area contributed by atoms with E-state index in [-0.39, 0.29) is 42.8 Å². The van der Waals surface area contributed by atoms with Gasteiger partial charge >= 0.3 is 5.97 Å². The second-order valence-corrected chi connectivity index (χ2v) is 6.68. The van der Waals surface area contributed by atoms with Crippen LogP contribution in [0.4, 0.5) is 15.8 Å². The lowest BCUT2D eigenvalue weighted by Crippen LogP contribution is -2.43. The Balaban J connectivity index is 1.37. The maximum Gasteiger partial charge on any atom is 0.331 e. The minimum atomic E-state index is -0.606. The minimum Gasteiger partial charge on any atom is -0.423 e. The molecule has 0 atom stereocenters. The van der Waals surface area contributed by atoms with Gasteiger partial charge in [-0.25, -0.2) is 14.2 Å². The van der Waals surface area contributed by atoms with Crippen molar-refractivity contribution in [1.82, 2.24) is 15.3 Å². The second-order valence-electron chi connectivity index (χ2n) is 6.68. The standard InChI is InChI=1S/C19H16FN5O5/c20-11-1-3-13-14(7-11)23-17(22-13)5-6-21-18(26)9-24-10-19(27)30-16-8-12(25(28)29)2-4-15(16)24/h1-4,7-8H,5-6,9-10H2,(H,21,26)(H,22,23). The number of halogens is 1. The summed E-state index contributed by atoms with van der Waals surface area (Å²) in [4.78, 5) is 43.2. The van der Waals surface area contributed by atoms with Gasteiger partial charge in [0.2, 0.25) is 5.91 Å². The molecule has 2 heterocycles. The normalized spacial score (nSPS) is 13.1. The third kappa shape index (κ3) is 4.04. The van der Waals surface area contributed by atoms with Crippen LogP contribution in [0.5, 0.6) is 5.75 Å². The number of carbonyl (C=O) groups is 2. The number of H-pyrrole nitrogens is 1. The van der Waals surface area contributed by atoms with E-state index in [4.69, 9.17) is 4.74 Å². The van der Waals surface area contributed by atoms with Crippen LogP contribution in [0.25, 0.3) is 11.0 Å². The van der Waals surface area contributed by atoms with Crippen LogP contribution < -0.4 is 15.0 Å². The highest BCUT2D eigenvalue weighted by molar-refractivity contribution is 5.89. The van der Waals surface area contributed by atoms with E-state index >= 15 is 0 Å². The quantitative estimate of drug-likeness (QED) is 0.272. The number of nitrogens with one attached hydrogen (secondary N) is 2. The van der Waals surface area contributed by atoms with E-state index in [1.54, 1.807) is 6.07 Å². The monoisotopic (exact) mass is 413 g/mol. The molecule has 0 bridgehead atoms. The van der Waals surface area contributed by atoms with Crippen LogP contribution in [0.1, 0.15) is 5.82 Å². The molecular formula is C19H16FN5O5. The molecule has 30 heavy (non-hydrogen) atoms. The molecule has 0 saturated heterocycles. The van der Waals surface area contributed by atoms with Gasteiger partial charge in [0.15, 0.2) is 5.75 Å². The number of benzene rings is 2. The summed E-state index contributed by atoms with van der Waals surface area (Å²) in [6.07, 6.45) is 0.410. The number of aromatic amines is 1. The molecule has 10 nitrogen and oxygen atoms in total. The number of fused-ring (bicyclic) bond motifs is 2. The Morgan fingerprint density at radius 1 is 1.33 bits per heavy atom. The minimum absolute atomic E-state index is 0.0442. The van der Waals surface area contributed by atoms with Crippen molar-refractivity contribution in [3.05, 3.63) is 58.2 Å². The van der Waals surface area contributed by atoms with Crippen LogP contribution >= 0.6 is 0 Å². The first-order chi connectivity index (χ1) is 14.4. The number of rotatable bonds is 6. The van der Waals surface area contributed by atoms with Crippen LogP contribution in [0.2, 0.25) is 0 Å². The van der Waals surface area contributed by atoms with Crippen LogP contribution in [-0.2, 0) is 16.0 Å². The molecule has 1 aliphatic rings. The third-order valence-corrected chi connectivity index (χ3v) is 4.55. The van der Waals surface area contributed by atoms with Gasteiger partial charge in [0.25, 0.3) is 5.69 Å². The van der Waals surface area contributed by atoms with Gasteiger partial charge in [-0.1, -0.05) is 0 Å². The second kappa shape index (κ2) is 7.78. The largest absolute Gasteiger partial charge is 0.423 e. The summed E-state index contributed by atoms with van der Waals surface area (Å²) >= 11 is 0. The van der Waals surface area contributed by atoms with E-state index in [1.807, 2.05) is 0 Å². The van der Waals surface area contributed by atoms with Crippen molar-refractivity contribution in [1.29, 1.82) is 0 Å². The van der Waals surface area contributed by atoms with Gasteiger partial charge in [-0.15, -0.1) is 0 Å². The summed E-state index contributed by atoms with van der Waals surface area (Å²) in [5, 5.41) is 13.6. The number of non-ortho nitro benzene ring substituents is 1. The fourth-order valence-corrected chi connectivity index (χ4v) is 3.20. The summed E-state index contributed by atoms with van der Waals surface area (Å²) in [7, 11) is 0. The molecule has 4 rings (SSSR count). The smallest absolute Gasteiger partial charge is 0.331 e. The Morgan fingerprint density at radius 3 is 2.97 bits per heavy atom. The molecule has 0 radical (unpaired) electrons. The van der Waals surface area contributed by atoms with Crippen molar-refractivity contribution >= 4 is 34.3 Å². The van der Waals surface area contributed by atoms with Crippen LogP contribution in [0.15, 0.2) is 36.4 Å². The Labute approximate surface area is 168 Å². The lowest BCUT2D eigenvalue weighted by Gasteiger charge is -2.28. The van der Waals surface area contributed by atoms with Gasteiger partial charge in [0.1, 0.15) is 18.2 Å². The first-order valence-electron chi connectivity index (χ1n) is 9.04. The number of aromatic nitrogens is 2. The van der Waals surface area contributed by atoms with E-state index in [1.165, 1.54) is 29.2 Å². The van der Waals surface area contributed by atoms with E-state index in [0.29, 0.717) is 29.0 Å². The number of nitrogens with zero attached hydrogens (tertiary/aromatic N) is 3. The Kier molecular flexibility index (Phi) is 5.00. The van der Waals surface area contributed by atoms with E-state index in [2.05, 4.69) is 15.3 Å². The first-order valence-corrected chi connectivity index (χ1v) is 9.04. The topological polar surface area (TPSA) is 130 Å². The van der Waals surface area contributed by atoms with E-state index in [0.717, 1.165) is 6.07 Å². The summed E-state index contributed by atoms with van der Waals surface area (Å²) in [5.41, 5.74) is 1.43. The maximum absolute atomic E-state index is 13.2. The first kappa shape index (κ1) is 19.3. The summed E-state index contributed by atoms with van der Waals surface area (Å²) in [5.74, 6) is -0.656. The average molecular weight is 413 g/mol. The molecule has 0 spiro atoms. The van der Waals surface area contributed by atoms with Crippen molar-refractivity contribution < 1.29 is 23.6 Å². The Morgan fingerprint density at radius 2 is 2.17 bits per heavy atom. The van der Waals surface area contributed by atoms with Crippen LogP contribution in [0, 0.1) is 15.9 Å². The number of esters is 1. The fraction of sp³-hybridized carbons (Fsp3) is 0.211. The van der Waals surface area contributed by atoms with Gasteiger partial charge < -0.3 is 19.9 Å². The maximum atomic E-state index is 13.2. The number of amides is 1. The highest BCUT2D eigenvalue weighted by atomic mass is 19.1. The van der Waals surface area contributed by atoms with Gasteiger partial charge in [0.05, 0.1) is 34.3 Å². The Bertz CT molecular complexity index is 1160. The van der Waals surface area contributed by atoms with Crippen LogP contribution in [-0.4, -0.2) is 46.4 Å². The Hall–Kier alpha value is -4.02. The van der Waals surface area contributed by atoms with E-state index in [9.17, 15) is 24.1 Å². The van der Waals surface area contributed by atoms with Crippen LogP contribution in [0.3, 0.4) is 0 Å². The summed E-state index contributed by atoms with van der Waals surface area (Å²) in [6, 6.07) is 8.13. The van der Waals surface area contributed by atoms with Gasteiger partial charge in [-0.05, 0) is 24.3 Å². The molecule has 11 heteroatoms. The molecule has 1 aliphatic heterocycles. The predicted octanol–water partition coefficient (Wildman–Crippen LogP) is 1.69. The molecule has 0 unspecified atom stereocenters. The van der Waals surface area contributed by atoms with Crippen molar-refractivity contribution in [2.24, 2.45) is 0 Å². The fourth-order valence-electron chi connectivity index (χ4n) is 3.20. The molecule has 2 N–H and O–H groups in total. The van der Waals surface area contributed by atoms with Crippen molar-refractivity contribution in [2.75, 3.05) is 24.5 Å². The molecule has 1 amide bonds. The SMILES string of the molecule is O=C(CN1CC(=O)Oc2cc([N+](=O)[O-])ccc21)NCCc1nc2ccc(F)cc2[nH]1. The van der Waals surface area contributed by atoms with Crippen molar-refractivity contribution in [3.8, 4) is 5.75 Å². The number of carbonyl (C=O) groups excluding carboxylic acids is 2. The predicted molar refractivity (Wildman–Crippen MR) is 104 cm³/mol. The highest BCUT2D eigenvalue weighted by Crippen LogP contribution is 2.34. The lowest BCUT2D eigenvalue weighted by atomic mass is 10.2. The molecule has 0 saturated carbocycles. The third-order valence-electron chi connectivity index (χ3n) is 4.55. The molecule has 154 valence electrons. The van der Waals surface area contributed by atoms with Crippen molar-refractivity contribution in [3.63, 3.8) is 0 Å². The highest BCUT2D eigenvalue weighted by Gasteiger charge is 2.27. The number of nitro benzene ring substituents is 1. The molecular weight excluding hydrogens is 397 g/mol. The number of anilines is 1. The number of ether oxygens (including phenoxy) is 1. The number of imidazole rings is 1.